The Bertz CT molecular complexity index is 1020. The predicted octanol–water partition coefficient (Wildman–Crippen LogP) is 2.87. The molecule has 2 amide bonds. The summed E-state index contributed by atoms with van der Waals surface area (Å²) in [4.78, 5) is 36.4. The number of hydrazone groups is 2. The molecule has 3 aromatic rings. The van der Waals surface area contributed by atoms with E-state index in [0.717, 1.165) is 0 Å². The molecular formula is C21H19ClCoN7O2+. The van der Waals surface area contributed by atoms with Crippen molar-refractivity contribution in [1.82, 2.24) is 25.8 Å². The first-order valence-electron chi connectivity index (χ1n) is 9.14. The molecule has 32 heavy (non-hydrogen) atoms. The van der Waals surface area contributed by atoms with Crippen molar-refractivity contribution in [3.05, 3.63) is 89.8 Å². The van der Waals surface area contributed by atoms with Gasteiger partial charge in [0.15, 0.2) is 0 Å². The third-order valence-corrected chi connectivity index (χ3v) is 4.03. The van der Waals surface area contributed by atoms with Crippen LogP contribution >= 0.6 is 10.1 Å². The molecule has 3 heterocycles. The van der Waals surface area contributed by atoms with Crippen LogP contribution < -0.4 is 10.9 Å². The number of amides is 2. The predicted molar refractivity (Wildman–Crippen MR) is 118 cm³/mol. The first-order valence-corrected chi connectivity index (χ1v) is 10.6. The van der Waals surface area contributed by atoms with Crippen molar-refractivity contribution < 1.29 is 24.4 Å². The monoisotopic (exact) mass is 495 g/mol. The second-order valence-electron chi connectivity index (χ2n) is 6.16. The van der Waals surface area contributed by atoms with E-state index in [1.54, 1.807) is 56.3 Å². The molecule has 0 atom stereocenters. The first-order chi connectivity index (χ1) is 15.5. The molecule has 0 spiro atoms. The average Bonchev–Trinajstić information content (AvgIpc) is 2.87. The number of nitrogens with zero attached hydrogens (tertiary/aromatic N) is 5. The van der Waals surface area contributed by atoms with Crippen LogP contribution in [0.5, 0.6) is 0 Å². The molecule has 0 fully saturated rings. The SMILES string of the molecule is CC(=NNC(=O)c1ccncc1)c1cccc(C(C)=NNC(=O)c2ccncc2)n1.[Cl][Co+]. The molecule has 165 valence electrons. The Kier molecular flexibility index (Phi) is 10.1. The summed E-state index contributed by atoms with van der Waals surface area (Å²) in [6.45, 7) is 3.47. The van der Waals surface area contributed by atoms with Crippen molar-refractivity contribution in [2.24, 2.45) is 10.2 Å². The maximum absolute atomic E-state index is 12.1. The average molecular weight is 496 g/mol. The number of carbonyl (C=O) groups excluding carboxylic acids is 2. The summed E-state index contributed by atoms with van der Waals surface area (Å²) in [7, 11) is 4.33. The molecule has 0 aromatic carbocycles. The van der Waals surface area contributed by atoms with Crippen LogP contribution in [0.2, 0.25) is 0 Å². The van der Waals surface area contributed by atoms with Gasteiger partial charge in [-0.25, -0.2) is 15.8 Å². The van der Waals surface area contributed by atoms with E-state index < -0.39 is 0 Å². The van der Waals surface area contributed by atoms with Gasteiger partial charge in [-0.1, -0.05) is 6.07 Å². The molecule has 11 heteroatoms. The van der Waals surface area contributed by atoms with Gasteiger partial charge in [0, 0.05) is 35.9 Å². The second kappa shape index (κ2) is 13.0. The van der Waals surface area contributed by atoms with Crippen LogP contribution in [0.3, 0.4) is 0 Å². The summed E-state index contributed by atoms with van der Waals surface area (Å²) in [5.41, 5.74) is 8.07. The van der Waals surface area contributed by atoms with E-state index >= 15 is 0 Å². The fourth-order valence-corrected chi connectivity index (χ4v) is 2.36. The summed E-state index contributed by atoms with van der Waals surface area (Å²) in [5, 5.41) is 8.21. The van der Waals surface area contributed by atoms with Crippen molar-refractivity contribution in [3.63, 3.8) is 0 Å². The van der Waals surface area contributed by atoms with Gasteiger partial charge in [0.2, 0.25) is 0 Å². The number of halogens is 1. The molecule has 3 rings (SSSR count). The zero-order chi connectivity index (χ0) is 23.3. The number of rotatable bonds is 6. The Morgan fingerprint density at radius 3 is 1.50 bits per heavy atom. The summed E-state index contributed by atoms with van der Waals surface area (Å²) in [6.07, 6.45) is 6.14. The van der Waals surface area contributed by atoms with Crippen LogP contribution in [-0.4, -0.2) is 38.2 Å². The molecule has 0 aliphatic carbocycles. The molecule has 2 N–H and O–H groups in total. The molecule has 0 radical (unpaired) electrons. The molecule has 0 aliphatic rings. The van der Waals surface area contributed by atoms with Crippen LogP contribution in [0.1, 0.15) is 46.0 Å². The van der Waals surface area contributed by atoms with Gasteiger partial charge in [0.25, 0.3) is 11.8 Å². The van der Waals surface area contributed by atoms with E-state index in [-0.39, 0.29) is 11.8 Å². The van der Waals surface area contributed by atoms with E-state index in [2.05, 4.69) is 61.0 Å². The number of aromatic nitrogens is 3. The number of pyridine rings is 3. The zero-order valence-corrected chi connectivity index (χ0v) is 18.9. The Morgan fingerprint density at radius 2 is 1.12 bits per heavy atom. The standard InChI is InChI=1S/C21H19N7O2.ClH.Co/c1-14(25-27-20(29)16-6-10-22-11-7-16)18-4-3-5-19(24-18)15(2)26-28-21(30)17-8-12-23-13-9-17;;/h3-13H,1-2H3,(H,27,29)(H,28,30);1H;/q;;+2/p-1. The van der Waals surface area contributed by atoms with E-state index in [1.165, 1.54) is 24.8 Å². The number of nitrogens with one attached hydrogen (secondary N) is 2. The third-order valence-electron chi connectivity index (χ3n) is 4.03. The first kappa shape index (κ1) is 24.8. The molecule has 0 saturated heterocycles. The van der Waals surface area contributed by atoms with Gasteiger partial charge in [-0.3, -0.25) is 19.6 Å². The van der Waals surface area contributed by atoms with Gasteiger partial charge in [-0.2, -0.15) is 10.2 Å². The van der Waals surface area contributed by atoms with Gasteiger partial charge >= 0.3 is 25.0 Å². The van der Waals surface area contributed by atoms with Crippen molar-refractivity contribution in [2.75, 3.05) is 0 Å². The van der Waals surface area contributed by atoms with Crippen LogP contribution in [0.4, 0.5) is 0 Å². The van der Waals surface area contributed by atoms with E-state index in [4.69, 9.17) is 0 Å². The molecular weight excluding hydrogens is 477 g/mol. The Morgan fingerprint density at radius 1 is 0.750 bits per heavy atom. The third kappa shape index (κ3) is 7.34. The molecule has 9 nitrogen and oxygen atoms in total. The molecule has 0 saturated carbocycles. The van der Waals surface area contributed by atoms with Gasteiger partial charge in [0.1, 0.15) is 0 Å². The van der Waals surface area contributed by atoms with Crippen LogP contribution in [0, 0.1) is 0 Å². The topological polar surface area (TPSA) is 122 Å². The minimum absolute atomic E-state index is 0.343. The summed E-state index contributed by atoms with van der Waals surface area (Å²) in [6, 6.07) is 11.7. The quantitative estimate of drug-likeness (QED) is 0.402. The molecule has 0 bridgehead atoms. The van der Waals surface area contributed by atoms with Crippen LogP contribution in [0.15, 0.2) is 77.5 Å². The van der Waals surface area contributed by atoms with Crippen molar-refractivity contribution in [3.8, 4) is 0 Å². The van der Waals surface area contributed by atoms with E-state index in [0.29, 0.717) is 33.9 Å². The Labute approximate surface area is 197 Å². The van der Waals surface area contributed by atoms with Gasteiger partial charge in [-0.15, -0.1) is 0 Å². The Hall–Kier alpha value is -3.47. The molecule has 0 aliphatic heterocycles. The van der Waals surface area contributed by atoms with Gasteiger partial charge in [0.05, 0.1) is 22.8 Å². The number of carbonyl (C=O) groups is 2. The number of hydrogen-bond acceptors (Lipinski definition) is 7. The normalized spacial score (nSPS) is 11.1. The van der Waals surface area contributed by atoms with Crippen LogP contribution in [-0.2, 0) is 14.8 Å². The number of hydrogen-bond donors (Lipinski definition) is 2. The zero-order valence-electron chi connectivity index (χ0n) is 17.1. The van der Waals surface area contributed by atoms with E-state index in [1.807, 2.05) is 0 Å². The summed E-state index contributed by atoms with van der Waals surface area (Å²) >= 11 is 3.03. The summed E-state index contributed by atoms with van der Waals surface area (Å²) < 4.78 is 0. The Balaban J connectivity index is 0.00000176. The molecule has 3 aromatic heterocycles. The van der Waals surface area contributed by atoms with Gasteiger partial charge < -0.3 is 0 Å². The summed E-state index contributed by atoms with van der Waals surface area (Å²) in [5.74, 6) is -0.686. The molecule has 0 unspecified atom stereocenters. The fraction of sp³-hybridized carbons (Fsp3) is 0.0952. The van der Waals surface area contributed by atoms with E-state index in [9.17, 15) is 9.59 Å². The van der Waals surface area contributed by atoms with Gasteiger partial charge in [-0.05, 0) is 50.2 Å². The van der Waals surface area contributed by atoms with Crippen molar-refractivity contribution in [1.29, 1.82) is 0 Å². The van der Waals surface area contributed by atoms with Crippen LogP contribution in [0.25, 0.3) is 0 Å². The van der Waals surface area contributed by atoms with Crippen molar-refractivity contribution >= 4 is 33.4 Å². The second-order valence-corrected chi connectivity index (χ2v) is 6.16. The minimum atomic E-state index is -0.343. The van der Waals surface area contributed by atoms with Crippen molar-refractivity contribution in [2.45, 2.75) is 13.8 Å². The fourth-order valence-electron chi connectivity index (χ4n) is 2.36. The maximum atomic E-state index is 12.1.